The lowest BCUT2D eigenvalue weighted by atomic mass is 9.70. The molecule has 1 aliphatic carbocycles. The number of allylic oxidation sites excluding steroid dienone is 1. The maximum Gasteiger partial charge on any atom is 0.310 e. The van der Waals surface area contributed by atoms with Crippen molar-refractivity contribution in [3.05, 3.63) is 36.4 Å². The van der Waals surface area contributed by atoms with Crippen LogP contribution in [-0.2, 0) is 25.8 Å². The van der Waals surface area contributed by atoms with Gasteiger partial charge < -0.3 is 20.1 Å². The molecule has 176 valence electrons. The number of ether oxygens (including phenoxy) is 1. The van der Waals surface area contributed by atoms with Crippen LogP contribution in [0.4, 0.5) is 0 Å². The number of aliphatic hydroxyl groups excluding tert-OH is 1. The highest BCUT2D eigenvalue weighted by atomic mass is 16.5. The summed E-state index contributed by atoms with van der Waals surface area (Å²) in [6.07, 6.45) is 3.72. The summed E-state index contributed by atoms with van der Waals surface area (Å²) < 4.78 is 6.82. The molecule has 0 unspecified atom stereocenters. The van der Waals surface area contributed by atoms with Gasteiger partial charge in [0, 0.05) is 5.92 Å². The zero-order valence-electron chi connectivity index (χ0n) is 18.9. The molecule has 1 saturated heterocycles. The Labute approximate surface area is 191 Å². The lowest BCUT2D eigenvalue weighted by Crippen LogP contribution is -2.51. The Morgan fingerprint density at radius 2 is 2.03 bits per heavy atom. The normalized spacial score (nSPS) is 27.5. The number of nitrogens with zero attached hydrogens (tertiary/aromatic N) is 4. The first kappa shape index (κ1) is 22.9. The highest BCUT2D eigenvalue weighted by Crippen LogP contribution is 2.45. The number of amides is 2. The molecule has 2 N–H and O–H groups in total. The van der Waals surface area contributed by atoms with Crippen LogP contribution in [-0.4, -0.2) is 68.1 Å². The van der Waals surface area contributed by atoms with Crippen LogP contribution in [0, 0.1) is 23.7 Å². The number of aliphatic hydroxyl groups is 1. The van der Waals surface area contributed by atoms with E-state index in [9.17, 15) is 19.5 Å². The molecule has 0 saturated carbocycles. The molecule has 2 amide bonds. The second-order valence-corrected chi connectivity index (χ2v) is 8.62. The number of aromatic nitrogens is 3. The van der Waals surface area contributed by atoms with Gasteiger partial charge in [0.05, 0.1) is 36.6 Å². The van der Waals surface area contributed by atoms with E-state index >= 15 is 0 Å². The minimum atomic E-state index is -0.861. The predicted octanol–water partition coefficient (Wildman–Crippen LogP) is 0.714. The maximum absolute atomic E-state index is 13.5. The van der Waals surface area contributed by atoms with Gasteiger partial charge in [-0.05, 0) is 31.9 Å². The van der Waals surface area contributed by atoms with Crippen LogP contribution in [0.2, 0.25) is 0 Å². The number of carbonyl (C=O) groups is 3. The minimum absolute atomic E-state index is 0.0736. The number of para-hydroxylation sites is 1. The third-order valence-electron chi connectivity index (χ3n) is 6.60. The summed E-state index contributed by atoms with van der Waals surface area (Å²) >= 11 is 0. The van der Waals surface area contributed by atoms with Gasteiger partial charge in [0.25, 0.3) is 0 Å². The first-order valence-corrected chi connectivity index (χ1v) is 11.2. The van der Waals surface area contributed by atoms with Gasteiger partial charge in [0.1, 0.15) is 18.2 Å². The van der Waals surface area contributed by atoms with Crippen molar-refractivity contribution in [3.63, 3.8) is 0 Å². The molecule has 1 aliphatic heterocycles. The number of esters is 1. The van der Waals surface area contributed by atoms with Crippen LogP contribution in [0.25, 0.3) is 11.0 Å². The molecule has 0 bridgehead atoms. The van der Waals surface area contributed by atoms with Crippen molar-refractivity contribution in [1.29, 1.82) is 0 Å². The van der Waals surface area contributed by atoms with E-state index in [1.54, 1.807) is 18.5 Å². The lowest BCUT2D eigenvalue weighted by Gasteiger charge is -2.32. The highest BCUT2D eigenvalue weighted by molar-refractivity contribution is 5.96. The number of rotatable bonds is 7. The van der Waals surface area contributed by atoms with Crippen molar-refractivity contribution in [2.45, 2.75) is 39.5 Å². The second kappa shape index (κ2) is 9.30. The van der Waals surface area contributed by atoms with E-state index in [0.29, 0.717) is 5.52 Å². The standard InChI is InChI=1S/C23H29N5O5/c1-4-33-23(32)18-13(2)9-10-15-19(18)22(31)28(14(3)11-29)20(15)21(30)24-12-27-17-8-6-5-7-16(17)25-26-27/h5-10,13-15,18-20,29H,4,11-12H2,1-3H3,(H,24,30)/t13-,14-,15+,18-,19-,20+/m1/s1. The Bertz CT molecular complexity index is 1080. The second-order valence-electron chi connectivity index (χ2n) is 8.62. The summed E-state index contributed by atoms with van der Waals surface area (Å²) in [6, 6.07) is 5.95. The van der Waals surface area contributed by atoms with Crippen molar-refractivity contribution in [1.82, 2.24) is 25.2 Å². The molecule has 1 aromatic carbocycles. The number of nitrogens with one attached hydrogen (secondary N) is 1. The van der Waals surface area contributed by atoms with Crippen molar-refractivity contribution in [3.8, 4) is 0 Å². The molecule has 33 heavy (non-hydrogen) atoms. The van der Waals surface area contributed by atoms with E-state index in [4.69, 9.17) is 4.74 Å². The summed E-state index contributed by atoms with van der Waals surface area (Å²) in [5.74, 6) is -3.25. The fourth-order valence-corrected chi connectivity index (χ4v) is 5.00. The van der Waals surface area contributed by atoms with Crippen LogP contribution in [0.1, 0.15) is 20.8 Å². The maximum atomic E-state index is 13.5. The van der Waals surface area contributed by atoms with Gasteiger partial charge in [0.15, 0.2) is 0 Å². The van der Waals surface area contributed by atoms with E-state index in [1.807, 2.05) is 43.3 Å². The van der Waals surface area contributed by atoms with Gasteiger partial charge in [-0.2, -0.15) is 0 Å². The Morgan fingerprint density at radius 1 is 1.27 bits per heavy atom. The van der Waals surface area contributed by atoms with Gasteiger partial charge in [-0.1, -0.05) is 36.4 Å². The molecule has 10 nitrogen and oxygen atoms in total. The van der Waals surface area contributed by atoms with Crippen LogP contribution in [0.3, 0.4) is 0 Å². The molecule has 0 radical (unpaired) electrons. The van der Waals surface area contributed by atoms with Gasteiger partial charge in [-0.3, -0.25) is 14.4 Å². The zero-order chi connectivity index (χ0) is 23.7. The third kappa shape index (κ3) is 3.99. The molecule has 1 fully saturated rings. The quantitative estimate of drug-likeness (QED) is 0.465. The SMILES string of the molecule is CCOC(=O)[C@H]1[C@@H]2C(=O)N([C@H](C)CO)[C@H](C(=O)NCn3nnc4ccccc43)[C@H]2C=C[C@H]1C. The van der Waals surface area contributed by atoms with Crippen molar-refractivity contribution in [2.24, 2.45) is 23.7 Å². The molecule has 2 aliphatic rings. The first-order chi connectivity index (χ1) is 15.9. The molecule has 0 spiro atoms. The molecule has 10 heteroatoms. The van der Waals surface area contributed by atoms with Crippen molar-refractivity contribution in [2.75, 3.05) is 13.2 Å². The molecular weight excluding hydrogens is 426 g/mol. The first-order valence-electron chi connectivity index (χ1n) is 11.2. The summed E-state index contributed by atoms with van der Waals surface area (Å²) in [7, 11) is 0. The molecule has 2 aromatic rings. The molecule has 1 aromatic heterocycles. The Morgan fingerprint density at radius 3 is 2.76 bits per heavy atom. The van der Waals surface area contributed by atoms with Crippen LogP contribution >= 0.6 is 0 Å². The van der Waals surface area contributed by atoms with Crippen LogP contribution in [0.15, 0.2) is 36.4 Å². The molecule has 4 rings (SSSR count). The Hall–Kier alpha value is -3.27. The summed E-state index contributed by atoms with van der Waals surface area (Å²) in [5, 5.41) is 20.8. The van der Waals surface area contributed by atoms with Gasteiger partial charge in [-0.25, -0.2) is 4.68 Å². The predicted molar refractivity (Wildman–Crippen MR) is 118 cm³/mol. The summed E-state index contributed by atoms with van der Waals surface area (Å²) in [5.41, 5.74) is 1.48. The fourth-order valence-electron chi connectivity index (χ4n) is 5.00. The van der Waals surface area contributed by atoms with Gasteiger partial charge in [0.2, 0.25) is 11.8 Å². The summed E-state index contributed by atoms with van der Waals surface area (Å²) in [4.78, 5) is 41.0. The number of benzene rings is 1. The number of carbonyl (C=O) groups excluding carboxylic acids is 3. The van der Waals surface area contributed by atoms with Gasteiger partial charge >= 0.3 is 5.97 Å². The summed E-state index contributed by atoms with van der Waals surface area (Å²) in [6.45, 7) is 5.26. The number of likely N-dealkylation sites (tertiary alicyclic amines) is 1. The minimum Gasteiger partial charge on any atom is -0.466 e. The molecular formula is C23H29N5O5. The molecule has 2 heterocycles. The van der Waals surface area contributed by atoms with E-state index in [2.05, 4.69) is 15.6 Å². The largest absolute Gasteiger partial charge is 0.466 e. The van der Waals surface area contributed by atoms with E-state index in [0.717, 1.165) is 5.52 Å². The fraction of sp³-hybridized carbons (Fsp3) is 0.522. The zero-order valence-corrected chi connectivity index (χ0v) is 18.9. The van der Waals surface area contributed by atoms with Crippen LogP contribution < -0.4 is 5.32 Å². The highest BCUT2D eigenvalue weighted by Gasteiger charge is 2.58. The number of hydrogen-bond acceptors (Lipinski definition) is 7. The molecule has 6 atom stereocenters. The average molecular weight is 456 g/mol. The Balaban J connectivity index is 1.62. The van der Waals surface area contributed by atoms with E-state index in [1.165, 1.54) is 4.90 Å². The monoisotopic (exact) mass is 455 g/mol. The smallest absolute Gasteiger partial charge is 0.310 e. The topological polar surface area (TPSA) is 127 Å². The average Bonchev–Trinajstić information content (AvgIpc) is 3.36. The Kier molecular flexibility index (Phi) is 6.46. The van der Waals surface area contributed by atoms with Crippen molar-refractivity contribution < 1.29 is 24.2 Å². The number of hydrogen-bond donors (Lipinski definition) is 2. The third-order valence-corrected chi connectivity index (χ3v) is 6.60. The van der Waals surface area contributed by atoms with Crippen LogP contribution in [0.5, 0.6) is 0 Å². The van der Waals surface area contributed by atoms with E-state index in [-0.39, 0.29) is 37.6 Å². The lowest BCUT2D eigenvalue weighted by molar-refractivity contribution is -0.155. The van der Waals surface area contributed by atoms with E-state index < -0.39 is 35.8 Å². The number of fused-ring (bicyclic) bond motifs is 2. The van der Waals surface area contributed by atoms with Gasteiger partial charge in [-0.15, -0.1) is 5.10 Å². The van der Waals surface area contributed by atoms with Crippen molar-refractivity contribution >= 4 is 28.8 Å².